The Kier molecular flexibility index (Phi) is 3.11. The van der Waals surface area contributed by atoms with E-state index in [9.17, 15) is 0 Å². The number of aryl methyl sites for hydroxylation is 2. The van der Waals surface area contributed by atoms with Crippen LogP contribution in [-0.4, -0.2) is 23.4 Å². The Hall–Kier alpha value is -0.830. The van der Waals surface area contributed by atoms with Gasteiger partial charge in [0, 0.05) is 18.9 Å². The lowest BCUT2D eigenvalue weighted by molar-refractivity contribution is 0.660. The highest BCUT2D eigenvalue weighted by molar-refractivity contribution is 4.99. The van der Waals surface area contributed by atoms with Gasteiger partial charge < -0.3 is 5.32 Å². The van der Waals surface area contributed by atoms with E-state index < -0.39 is 0 Å². The highest BCUT2D eigenvalue weighted by Gasteiger charge is 1.95. The molecule has 0 aliphatic carbocycles. The van der Waals surface area contributed by atoms with E-state index in [1.54, 1.807) is 0 Å². The third-order valence-electron chi connectivity index (χ3n) is 1.78. The van der Waals surface area contributed by atoms with E-state index in [-0.39, 0.29) is 0 Å². The van der Waals surface area contributed by atoms with Crippen molar-refractivity contribution < 1.29 is 0 Å². The highest BCUT2D eigenvalue weighted by atomic mass is 15.2. The van der Waals surface area contributed by atoms with Crippen LogP contribution in [0.2, 0.25) is 0 Å². The van der Waals surface area contributed by atoms with Gasteiger partial charge in [-0.3, -0.25) is 4.68 Å². The van der Waals surface area contributed by atoms with Crippen LogP contribution in [0.5, 0.6) is 0 Å². The average Bonchev–Trinajstić information content (AvgIpc) is 2.37. The summed E-state index contributed by atoms with van der Waals surface area (Å²) >= 11 is 0. The number of nitrogens with one attached hydrogen (secondary N) is 1. The molecule has 0 aliphatic heterocycles. The van der Waals surface area contributed by atoms with Crippen LogP contribution in [0, 0.1) is 0 Å². The molecule has 0 fully saturated rings. The minimum Gasteiger partial charge on any atom is -0.320 e. The van der Waals surface area contributed by atoms with Crippen LogP contribution < -0.4 is 5.32 Å². The second kappa shape index (κ2) is 4.13. The minimum absolute atomic E-state index is 1.07. The topological polar surface area (TPSA) is 29.9 Å². The van der Waals surface area contributed by atoms with Gasteiger partial charge in [0.05, 0.1) is 0 Å². The number of hydrogen-bond donors (Lipinski definition) is 1. The van der Waals surface area contributed by atoms with Crippen LogP contribution in [0.4, 0.5) is 0 Å². The summed E-state index contributed by atoms with van der Waals surface area (Å²) in [5, 5.41) is 7.21. The zero-order valence-corrected chi connectivity index (χ0v) is 7.17. The van der Waals surface area contributed by atoms with Gasteiger partial charge in [0.15, 0.2) is 0 Å². The Balaban J connectivity index is 2.32. The summed E-state index contributed by atoms with van der Waals surface area (Å²) in [7, 11) is 3.96. The zero-order valence-electron chi connectivity index (χ0n) is 7.17. The first-order valence-electron chi connectivity index (χ1n) is 3.96. The predicted octanol–water partition coefficient (Wildman–Crippen LogP) is 0.572. The van der Waals surface area contributed by atoms with E-state index in [1.165, 1.54) is 12.1 Å². The summed E-state index contributed by atoms with van der Waals surface area (Å²) in [6, 6.07) is 2.07. The fraction of sp³-hybridized carbons (Fsp3) is 0.625. The van der Waals surface area contributed by atoms with Gasteiger partial charge in [-0.2, -0.15) is 5.10 Å². The van der Waals surface area contributed by atoms with Gasteiger partial charge >= 0.3 is 0 Å². The number of rotatable bonds is 4. The second-order valence-electron chi connectivity index (χ2n) is 2.65. The molecule has 0 aromatic carbocycles. The van der Waals surface area contributed by atoms with Crippen molar-refractivity contribution in [2.24, 2.45) is 7.05 Å². The van der Waals surface area contributed by atoms with Crippen LogP contribution in [0.25, 0.3) is 0 Å². The summed E-state index contributed by atoms with van der Waals surface area (Å²) < 4.78 is 1.93. The lowest BCUT2D eigenvalue weighted by atomic mass is 10.2. The molecule has 0 saturated carbocycles. The standard InChI is InChI=1S/C8H15N3/c1-9-6-3-4-8-5-7-10-11(8)2/h5,7,9H,3-4,6H2,1-2H3. The van der Waals surface area contributed by atoms with E-state index in [0.29, 0.717) is 0 Å². The molecule has 0 aliphatic rings. The van der Waals surface area contributed by atoms with E-state index in [4.69, 9.17) is 0 Å². The second-order valence-corrected chi connectivity index (χ2v) is 2.65. The summed E-state index contributed by atoms with van der Waals surface area (Å²) in [4.78, 5) is 0. The van der Waals surface area contributed by atoms with Crippen molar-refractivity contribution in [2.45, 2.75) is 12.8 Å². The molecule has 3 heteroatoms. The summed E-state index contributed by atoms with van der Waals surface area (Å²) in [5.74, 6) is 0. The lowest BCUT2D eigenvalue weighted by Crippen LogP contribution is -2.09. The van der Waals surface area contributed by atoms with E-state index in [0.717, 1.165) is 13.0 Å². The molecule has 0 spiro atoms. The molecule has 3 nitrogen and oxygen atoms in total. The average molecular weight is 153 g/mol. The van der Waals surface area contributed by atoms with Crippen molar-refractivity contribution in [3.63, 3.8) is 0 Å². The smallest absolute Gasteiger partial charge is 0.0492 e. The maximum Gasteiger partial charge on any atom is 0.0492 e. The normalized spacial score (nSPS) is 10.4. The van der Waals surface area contributed by atoms with E-state index in [1.807, 2.05) is 25.0 Å². The maximum atomic E-state index is 4.09. The summed E-state index contributed by atoms with van der Waals surface area (Å²) in [6.07, 6.45) is 4.13. The van der Waals surface area contributed by atoms with Gasteiger partial charge in [0.1, 0.15) is 0 Å². The molecule has 1 N–H and O–H groups in total. The molecule has 0 radical (unpaired) electrons. The van der Waals surface area contributed by atoms with Crippen molar-refractivity contribution in [1.82, 2.24) is 15.1 Å². The Morgan fingerprint density at radius 2 is 2.45 bits per heavy atom. The Bertz CT molecular complexity index is 205. The number of hydrogen-bond acceptors (Lipinski definition) is 2. The molecule has 0 atom stereocenters. The Labute approximate surface area is 67.4 Å². The highest BCUT2D eigenvalue weighted by Crippen LogP contribution is 1.99. The quantitative estimate of drug-likeness (QED) is 0.641. The predicted molar refractivity (Wildman–Crippen MR) is 45.5 cm³/mol. The molecule has 1 rings (SSSR count). The molecule has 62 valence electrons. The van der Waals surface area contributed by atoms with Gasteiger partial charge in [0.25, 0.3) is 0 Å². The van der Waals surface area contributed by atoms with Crippen molar-refractivity contribution in [1.29, 1.82) is 0 Å². The monoisotopic (exact) mass is 153 g/mol. The van der Waals surface area contributed by atoms with E-state index in [2.05, 4.69) is 16.5 Å². The first-order valence-corrected chi connectivity index (χ1v) is 3.96. The lowest BCUT2D eigenvalue weighted by Gasteiger charge is -2.00. The van der Waals surface area contributed by atoms with Crippen LogP contribution in [-0.2, 0) is 13.5 Å². The van der Waals surface area contributed by atoms with Crippen LogP contribution >= 0.6 is 0 Å². The van der Waals surface area contributed by atoms with Crippen molar-refractivity contribution in [3.05, 3.63) is 18.0 Å². The first kappa shape index (κ1) is 8.27. The molecular weight excluding hydrogens is 138 g/mol. The van der Waals surface area contributed by atoms with Crippen LogP contribution in [0.1, 0.15) is 12.1 Å². The molecule has 1 heterocycles. The zero-order chi connectivity index (χ0) is 8.10. The molecule has 0 saturated heterocycles. The summed E-state index contributed by atoms with van der Waals surface area (Å²) in [6.45, 7) is 1.07. The van der Waals surface area contributed by atoms with Crippen LogP contribution in [0.15, 0.2) is 12.3 Å². The minimum atomic E-state index is 1.07. The first-order chi connectivity index (χ1) is 5.34. The largest absolute Gasteiger partial charge is 0.320 e. The fourth-order valence-corrected chi connectivity index (χ4v) is 1.09. The maximum absolute atomic E-state index is 4.09. The van der Waals surface area contributed by atoms with Gasteiger partial charge in [-0.1, -0.05) is 0 Å². The van der Waals surface area contributed by atoms with E-state index >= 15 is 0 Å². The van der Waals surface area contributed by atoms with Gasteiger partial charge in [0.2, 0.25) is 0 Å². The molecule has 1 aromatic rings. The summed E-state index contributed by atoms with van der Waals surface area (Å²) in [5.41, 5.74) is 1.31. The molecule has 0 unspecified atom stereocenters. The fourth-order valence-electron chi connectivity index (χ4n) is 1.09. The SMILES string of the molecule is CNCCCc1ccnn1C. The Morgan fingerprint density at radius 3 is 3.00 bits per heavy atom. The molecular formula is C8H15N3. The van der Waals surface area contributed by atoms with Crippen molar-refractivity contribution >= 4 is 0 Å². The van der Waals surface area contributed by atoms with Crippen LogP contribution in [0.3, 0.4) is 0 Å². The third-order valence-corrected chi connectivity index (χ3v) is 1.78. The molecule has 0 bridgehead atoms. The number of nitrogens with zero attached hydrogens (tertiary/aromatic N) is 2. The Morgan fingerprint density at radius 1 is 1.64 bits per heavy atom. The number of aromatic nitrogens is 2. The molecule has 0 amide bonds. The third kappa shape index (κ3) is 2.35. The molecule has 11 heavy (non-hydrogen) atoms. The van der Waals surface area contributed by atoms with Crippen molar-refractivity contribution in [3.8, 4) is 0 Å². The van der Waals surface area contributed by atoms with Gasteiger partial charge in [-0.25, -0.2) is 0 Å². The van der Waals surface area contributed by atoms with Gasteiger partial charge in [-0.15, -0.1) is 0 Å². The molecule has 1 aromatic heterocycles. The van der Waals surface area contributed by atoms with Crippen molar-refractivity contribution in [2.75, 3.05) is 13.6 Å². The van der Waals surface area contributed by atoms with Gasteiger partial charge in [-0.05, 0) is 32.5 Å².